The number of aromatic nitrogens is 1. The van der Waals surface area contributed by atoms with Crippen molar-refractivity contribution in [1.82, 2.24) is 9.27 Å². The van der Waals surface area contributed by atoms with E-state index >= 15 is 0 Å². The number of nitrogens with one attached hydrogen (secondary N) is 1. The van der Waals surface area contributed by atoms with Gasteiger partial charge in [-0.1, -0.05) is 0 Å². The van der Waals surface area contributed by atoms with Gasteiger partial charge in [-0.25, -0.2) is 0 Å². The molecule has 0 spiro atoms. The molecule has 0 aromatic carbocycles. The normalized spacial score (nSPS) is 17.5. The highest BCUT2D eigenvalue weighted by molar-refractivity contribution is 7.10. The molecule has 1 heterocycles. The SMILES string of the molecule is CN(C)C1(CNc2snc(N)c2C#N)CCC1. The third-order valence-corrected chi connectivity index (χ3v) is 4.46. The van der Waals surface area contributed by atoms with Gasteiger partial charge in [0.2, 0.25) is 0 Å². The van der Waals surface area contributed by atoms with E-state index in [1.807, 2.05) is 0 Å². The van der Waals surface area contributed by atoms with Crippen molar-refractivity contribution in [1.29, 1.82) is 5.26 Å². The standard InChI is InChI=1S/C11H17N5S/c1-16(2)11(4-3-5-11)7-14-10-8(6-12)9(13)15-17-10/h14H,3-5,7H2,1-2H3,(H2,13,15). The maximum absolute atomic E-state index is 8.98. The largest absolute Gasteiger partial charge is 0.382 e. The molecule has 0 atom stereocenters. The molecule has 0 unspecified atom stereocenters. The van der Waals surface area contributed by atoms with Crippen LogP contribution in [0.5, 0.6) is 0 Å². The van der Waals surface area contributed by atoms with Gasteiger partial charge in [0, 0.05) is 12.1 Å². The number of nitriles is 1. The van der Waals surface area contributed by atoms with Gasteiger partial charge in [-0.05, 0) is 44.9 Å². The van der Waals surface area contributed by atoms with Crippen molar-refractivity contribution in [3.05, 3.63) is 5.56 Å². The Morgan fingerprint density at radius 1 is 1.59 bits per heavy atom. The fraction of sp³-hybridized carbons (Fsp3) is 0.636. The minimum Gasteiger partial charge on any atom is -0.382 e. The molecule has 6 heteroatoms. The molecule has 0 amide bonds. The van der Waals surface area contributed by atoms with Crippen LogP contribution in [0.1, 0.15) is 24.8 Å². The van der Waals surface area contributed by atoms with Crippen molar-refractivity contribution in [2.45, 2.75) is 24.8 Å². The number of nitrogens with zero attached hydrogens (tertiary/aromatic N) is 3. The fourth-order valence-electron chi connectivity index (χ4n) is 2.14. The van der Waals surface area contributed by atoms with Crippen molar-refractivity contribution in [2.75, 3.05) is 31.7 Å². The van der Waals surface area contributed by atoms with Gasteiger partial charge < -0.3 is 16.0 Å². The van der Waals surface area contributed by atoms with Crippen LogP contribution in [0.3, 0.4) is 0 Å². The summed E-state index contributed by atoms with van der Waals surface area (Å²) < 4.78 is 4.00. The zero-order valence-corrected chi connectivity index (χ0v) is 11.0. The minimum atomic E-state index is 0.228. The Morgan fingerprint density at radius 2 is 2.29 bits per heavy atom. The van der Waals surface area contributed by atoms with E-state index < -0.39 is 0 Å². The summed E-state index contributed by atoms with van der Waals surface area (Å²) in [4.78, 5) is 2.26. The predicted molar refractivity (Wildman–Crippen MR) is 70.0 cm³/mol. The van der Waals surface area contributed by atoms with Crippen molar-refractivity contribution in [3.63, 3.8) is 0 Å². The summed E-state index contributed by atoms with van der Waals surface area (Å²) in [6.07, 6.45) is 3.67. The van der Waals surface area contributed by atoms with Crippen LogP contribution in [-0.2, 0) is 0 Å². The highest BCUT2D eigenvalue weighted by Crippen LogP contribution is 2.37. The molecule has 1 saturated carbocycles. The number of nitrogen functional groups attached to an aromatic ring is 1. The molecule has 1 fully saturated rings. The van der Waals surface area contributed by atoms with Crippen LogP contribution in [0, 0.1) is 11.3 Å². The zero-order chi connectivity index (χ0) is 12.5. The lowest BCUT2D eigenvalue weighted by Crippen LogP contribution is -2.54. The molecule has 1 aliphatic rings. The lowest BCUT2D eigenvalue weighted by atomic mass is 9.75. The van der Waals surface area contributed by atoms with Gasteiger partial charge in [-0.3, -0.25) is 0 Å². The van der Waals surface area contributed by atoms with Crippen LogP contribution in [0.4, 0.5) is 10.8 Å². The molecule has 0 aliphatic heterocycles. The number of likely N-dealkylation sites (N-methyl/N-ethyl adjacent to an activating group) is 1. The molecule has 5 nitrogen and oxygen atoms in total. The molecule has 1 aliphatic carbocycles. The molecule has 0 radical (unpaired) electrons. The van der Waals surface area contributed by atoms with E-state index in [2.05, 4.69) is 34.8 Å². The minimum absolute atomic E-state index is 0.228. The third-order valence-electron chi connectivity index (χ3n) is 3.64. The first-order valence-corrected chi connectivity index (χ1v) is 6.43. The summed E-state index contributed by atoms with van der Waals surface area (Å²) in [5.41, 5.74) is 6.33. The Kier molecular flexibility index (Phi) is 3.22. The van der Waals surface area contributed by atoms with Crippen LogP contribution in [0.2, 0.25) is 0 Å². The van der Waals surface area contributed by atoms with E-state index in [-0.39, 0.29) is 5.54 Å². The van der Waals surface area contributed by atoms with Gasteiger partial charge in [-0.15, -0.1) is 0 Å². The van der Waals surface area contributed by atoms with E-state index in [0.29, 0.717) is 11.4 Å². The molecule has 92 valence electrons. The summed E-state index contributed by atoms with van der Waals surface area (Å²) in [5.74, 6) is 0.326. The number of hydrogen-bond donors (Lipinski definition) is 2. The van der Waals surface area contributed by atoms with Crippen LogP contribution >= 0.6 is 11.5 Å². The Bertz CT molecular complexity index is 441. The number of rotatable bonds is 4. The van der Waals surface area contributed by atoms with Crippen molar-refractivity contribution in [3.8, 4) is 6.07 Å². The van der Waals surface area contributed by atoms with Crippen LogP contribution in [0.15, 0.2) is 0 Å². The van der Waals surface area contributed by atoms with E-state index in [4.69, 9.17) is 11.0 Å². The van der Waals surface area contributed by atoms with Crippen molar-refractivity contribution >= 4 is 22.4 Å². The predicted octanol–water partition coefficient (Wildman–Crippen LogP) is 1.49. The summed E-state index contributed by atoms with van der Waals surface area (Å²) in [5, 5.41) is 13.1. The first kappa shape index (κ1) is 12.1. The quantitative estimate of drug-likeness (QED) is 0.847. The van der Waals surface area contributed by atoms with Crippen LogP contribution in [0.25, 0.3) is 0 Å². The molecule has 3 N–H and O–H groups in total. The molecule has 2 rings (SSSR count). The third kappa shape index (κ3) is 2.08. The highest BCUT2D eigenvalue weighted by atomic mass is 32.1. The second-order valence-electron chi connectivity index (χ2n) is 4.71. The van der Waals surface area contributed by atoms with Gasteiger partial charge >= 0.3 is 0 Å². The second kappa shape index (κ2) is 4.51. The number of anilines is 2. The fourth-order valence-corrected chi connectivity index (χ4v) is 2.80. The first-order chi connectivity index (χ1) is 8.09. The molecular formula is C11H17N5S. The summed E-state index contributed by atoms with van der Waals surface area (Å²) in [6, 6.07) is 2.09. The van der Waals surface area contributed by atoms with E-state index in [1.165, 1.54) is 30.8 Å². The summed E-state index contributed by atoms with van der Waals surface area (Å²) in [6.45, 7) is 0.844. The molecular weight excluding hydrogens is 234 g/mol. The Balaban J connectivity index is 2.05. The Hall–Kier alpha value is -1.32. The topological polar surface area (TPSA) is 78.0 Å². The van der Waals surface area contributed by atoms with Gasteiger partial charge in [0.15, 0.2) is 5.82 Å². The molecule has 1 aromatic heterocycles. The van der Waals surface area contributed by atoms with Gasteiger partial charge in [-0.2, -0.15) is 9.64 Å². The smallest absolute Gasteiger partial charge is 0.157 e. The molecule has 1 aromatic rings. The van der Waals surface area contributed by atoms with Crippen molar-refractivity contribution in [2.24, 2.45) is 0 Å². The lowest BCUT2D eigenvalue weighted by molar-refractivity contribution is 0.0740. The molecule has 0 saturated heterocycles. The lowest BCUT2D eigenvalue weighted by Gasteiger charge is -2.47. The van der Waals surface area contributed by atoms with E-state index in [0.717, 1.165) is 11.5 Å². The van der Waals surface area contributed by atoms with Gasteiger partial charge in [0.25, 0.3) is 0 Å². The average molecular weight is 251 g/mol. The van der Waals surface area contributed by atoms with E-state index in [1.54, 1.807) is 0 Å². The monoisotopic (exact) mass is 251 g/mol. The van der Waals surface area contributed by atoms with Crippen LogP contribution < -0.4 is 11.1 Å². The van der Waals surface area contributed by atoms with E-state index in [9.17, 15) is 0 Å². The molecule has 17 heavy (non-hydrogen) atoms. The Labute approximate surface area is 105 Å². The molecule has 0 bridgehead atoms. The van der Waals surface area contributed by atoms with Gasteiger partial charge in [0.1, 0.15) is 16.6 Å². The number of nitrogens with two attached hydrogens (primary N) is 1. The van der Waals surface area contributed by atoms with Gasteiger partial charge in [0.05, 0.1) is 0 Å². The maximum Gasteiger partial charge on any atom is 0.157 e. The first-order valence-electron chi connectivity index (χ1n) is 5.65. The van der Waals surface area contributed by atoms with Crippen molar-refractivity contribution < 1.29 is 0 Å². The Morgan fingerprint density at radius 3 is 2.76 bits per heavy atom. The average Bonchev–Trinajstić information content (AvgIpc) is 2.57. The summed E-state index contributed by atoms with van der Waals surface area (Å²) in [7, 11) is 4.21. The zero-order valence-electron chi connectivity index (χ0n) is 10.2. The van der Waals surface area contributed by atoms with Crippen LogP contribution in [-0.4, -0.2) is 35.5 Å². The number of hydrogen-bond acceptors (Lipinski definition) is 6. The summed E-state index contributed by atoms with van der Waals surface area (Å²) >= 11 is 1.26. The maximum atomic E-state index is 8.98. The highest BCUT2D eigenvalue weighted by Gasteiger charge is 2.39. The second-order valence-corrected chi connectivity index (χ2v) is 5.48.